The first-order valence-corrected chi connectivity index (χ1v) is 13.1. The summed E-state index contributed by atoms with van der Waals surface area (Å²) in [5.74, 6) is 1.05. The molecular formula is C28H26N2O4S. The predicted octanol–water partition coefficient (Wildman–Crippen LogP) is 6.60. The number of hydrogen-bond donors (Lipinski definition) is 0. The standard InChI is InChI=1S/C28H26N2O4S/c1-27(2,3)26-30-22-14-19(8-11-24(22)34-26)35(31,32)18-7-10-23-21(13-18)29-25(33-23)16-6-9-20-17(12-16)15-28(20,4)5/h6-14H,15H2,1-5H3. The zero-order valence-electron chi connectivity index (χ0n) is 20.3. The van der Waals surface area contributed by atoms with Crippen LogP contribution in [-0.4, -0.2) is 18.4 Å². The van der Waals surface area contributed by atoms with Gasteiger partial charge in [0.05, 0.1) is 9.79 Å². The maximum absolute atomic E-state index is 13.4. The molecular weight excluding hydrogens is 460 g/mol. The molecule has 178 valence electrons. The van der Waals surface area contributed by atoms with E-state index in [0.717, 1.165) is 12.0 Å². The molecule has 0 amide bonds. The summed E-state index contributed by atoms with van der Waals surface area (Å²) in [5.41, 5.74) is 5.61. The number of oxazole rings is 2. The average Bonchev–Trinajstić information content (AvgIpc) is 3.41. The summed E-state index contributed by atoms with van der Waals surface area (Å²) in [7, 11) is -3.78. The summed E-state index contributed by atoms with van der Waals surface area (Å²) in [6, 6.07) is 15.8. The molecule has 5 aromatic rings. The number of rotatable bonds is 3. The quantitative estimate of drug-likeness (QED) is 0.286. The lowest BCUT2D eigenvalue weighted by atomic mass is 9.66. The summed E-state index contributed by atoms with van der Waals surface area (Å²) >= 11 is 0. The van der Waals surface area contributed by atoms with Crippen molar-refractivity contribution >= 4 is 32.0 Å². The van der Waals surface area contributed by atoms with Crippen molar-refractivity contribution in [2.75, 3.05) is 0 Å². The molecule has 35 heavy (non-hydrogen) atoms. The minimum Gasteiger partial charge on any atom is -0.440 e. The van der Waals surface area contributed by atoms with Crippen molar-refractivity contribution in [3.63, 3.8) is 0 Å². The van der Waals surface area contributed by atoms with Gasteiger partial charge in [-0.1, -0.05) is 40.7 Å². The molecule has 2 heterocycles. The van der Waals surface area contributed by atoms with E-state index >= 15 is 0 Å². The van der Waals surface area contributed by atoms with Crippen LogP contribution in [0.5, 0.6) is 0 Å². The van der Waals surface area contributed by atoms with Crippen LogP contribution in [0.15, 0.2) is 73.2 Å². The highest BCUT2D eigenvalue weighted by Gasteiger charge is 2.34. The van der Waals surface area contributed by atoms with E-state index in [1.165, 1.54) is 11.1 Å². The molecule has 6 nitrogen and oxygen atoms in total. The second kappa shape index (κ2) is 7.04. The van der Waals surface area contributed by atoms with Gasteiger partial charge in [0.15, 0.2) is 11.2 Å². The van der Waals surface area contributed by atoms with Crippen LogP contribution in [0, 0.1) is 0 Å². The van der Waals surface area contributed by atoms with Gasteiger partial charge < -0.3 is 8.83 Å². The summed E-state index contributed by atoms with van der Waals surface area (Å²) in [5, 5.41) is 0. The Morgan fingerprint density at radius 3 is 2.06 bits per heavy atom. The van der Waals surface area contributed by atoms with Crippen LogP contribution in [0.25, 0.3) is 33.7 Å². The molecule has 6 rings (SSSR count). The molecule has 0 saturated heterocycles. The van der Waals surface area contributed by atoms with Crippen molar-refractivity contribution < 1.29 is 17.3 Å². The maximum atomic E-state index is 13.4. The summed E-state index contributed by atoms with van der Waals surface area (Å²) in [6.45, 7) is 10.5. The first-order valence-electron chi connectivity index (χ1n) is 11.6. The van der Waals surface area contributed by atoms with Crippen molar-refractivity contribution in [3.8, 4) is 11.5 Å². The summed E-state index contributed by atoms with van der Waals surface area (Å²) in [4.78, 5) is 9.43. The molecule has 1 aliphatic carbocycles. The zero-order valence-corrected chi connectivity index (χ0v) is 21.2. The van der Waals surface area contributed by atoms with Gasteiger partial charge in [-0.3, -0.25) is 0 Å². The normalized spacial score (nSPS) is 15.3. The zero-order chi connectivity index (χ0) is 24.8. The second-order valence-electron chi connectivity index (χ2n) is 11.0. The Kier molecular flexibility index (Phi) is 4.43. The molecule has 3 aromatic carbocycles. The Hall–Kier alpha value is -3.45. The van der Waals surface area contributed by atoms with Crippen LogP contribution in [0.1, 0.15) is 51.6 Å². The van der Waals surface area contributed by atoms with Crippen LogP contribution in [-0.2, 0) is 27.1 Å². The smallest absolute Gasteiger partial charge is 0.227 e. The van der Waals surface area contributed by atoms with Crippen molar-refractivity contribution in [1.29, 1.82) is 0 Å². The minimum atomic E-state index is -3.78. The van der Waals surface area contributed by atoms with Crippen LogP contribution in [0.4, 0.5) is 0 Å². The molecule has 1 aliphatic rings. The summed E-state index contributed by atoms with van der Waals surface area (Å²) in [6.07, 6.45) is 1.02. The fourth-order valence-corrected chi connectivity index (χ4v) is 6.03. The van der Waals surface area contributed by atoms with Crippen molar-refractivity contribution in [2.24, 2.45) is 0 Å². The van der Waals surface area contributed by atoms with Gasteiger partial charge >= 0.3 is 0 Å². The predicted molar refractivity (Wildman–Crippen MR) is 134 cm³/mol. The van der Waals surface area contributed by atoms with Crippen LogP contribution < -0.4 is 0 Å². The molecule has 0 spiro atoms. The van der Waals surface area contributed by atoms with E-state index in [9.17, 15) is 8.42 Å². The Balaban J connectivity index is 1.37. The SMILES string of the molecule is CC(C)(C)c1nc2cc(S(=O)(=O)c3ccc4oc(-c5ccc6c(c5)CC6(C)C)nc4c3)ccc2o1. The van der Waals surface area contributed by atoms with Crippen molar-refractivity contribution in [1.82, 2.24) is 9.97 Å². The first-order chi connectivity index (χ1) is 16.4. The minimum absolute atomic E-state index is 0.155. The molecule has 0 atom stereocenters. The van der Waals surface area contributed by atoms with Gasteiger partial charge in [0.1, 0.15) is 11.0 Å². The second-order valence-corrected chi connectivity index (χ2v) is 12.9. The third-order valence-corrected chi connectivity index (χ3v) is 8.44. The lowest BCUT2D eigenvalue weighted by Crippen LogP contribution is -2.32. The number of nitrogens with zero attached hydrogens (tertiary/aromatic N) is 2. The third kappa shape index (κ3) is 3.48. The lowest BCUT2D eigenvalue weighted by Gasteiger charge is -2.38. The Morgan fingerprint density at radius 1 is 0.829 bits per heavy atom. The highest BCUT2D eigenvalue weighted by Crippen LogP contribution is 2.42. The van der Waals surface area contributed by atoms with Gasteiger partial charge in [-0.25, -0.2) is 18.4 Å². The molecule has 0 bridgehead atoms. The molecule has 0 fully saturated rings. The lowest BCUT2D eigenvalue weighted by molar-refractivity contribution is 0.411. The van der Waals surface area contributed by atoms with Crippen molar-refractivity contribution in [2.45, 2.75) is 61.7 Å². The molecule has 0 unspecified atom stereocenters. The molecule has 2 aromatic heterocycles. The van der Waals surface area contributed by atoms with Gasteiger partial charge in [-0.05, 0) is 71.5 Å². The van der Waals surface area contributed by atoms with E-state index in [4.69, 9.17) is 8.83 Å². The fourth-order valence-electron chi connectivity index (χ4n) is 4.73. The molecule has 0 saturated carbocycles. The van der Waals surface area contributed by atoms with Gasteiger partial charge in [-0.2, -0.15) is 0 Å². The maximum Gasteiger partial charge on any atom is 0.227 e. The van der Waals surface area contributed by atoms with Crippen LogP contribution >= 0.6 is 0 Å². The van der Waals surface area contributed by atoms with Crippen LogP contribution in [0.3, 0.4) is 0 Å². The topological polar surface area (TPSA) is 86.2 Å². The van der Waals surface area contributed by atoms with E-state index in [1.54, 1.807) is 36.4 Å². The highest BCUT2D eigenvalue weighted by molar-refractivity contribution is 7.91. The number of fused-ring (bicyclic) bond motifs is 3. The number of benzene rings is 3. The largest absolute Gasteiger partial charge is 0.440 e. The molecule has 0 N–H and O–H groups in total. The first kappa shape index (κ1) is 22.0. The van der Waals surface area contributed by atoms with Crippen molar-refractivity contribution in [3.05, 3.63) is 71.6 Å². The van der Waals surface area contributed by atoms with E-state index in [1.807, 2.05) is 26.8 Å². The van der Waals surface area contributed by atoms with E-state index in [0.29, 0.717) is 34.0 Å². The highest BCUT2D eigenvalue weighted by atomic mass is 32.2. The molecule has 7 heteroatoms. The Labute approximate surface area is 203 Å². The average molecular weight is 487 g/mol. The van der Waals surface area contributed by atoms with Gasteiger partial charge in [0.25, 0.3) is 0 Å². The Bertz CT molecular complexity index is 1750. The third-order valence-electron chi connectivity index (χ3n) is 6.69. The Morgan fingerprint density at radius 2 is 1.46 bits per heavy atom. The van der Waals surface area contributed by atoms with E-state index < -0.39 is 9.84 Å². The van der Waals surface area contributed by atoms with E-state index in [2.05, 4.69) is 35.9 Å². The monoisotopic (exact) mass is 486 g/mol. The number of hydrogen-bond acceptors (Lipinski definition) is 6. The fraction of sp³-hybridized carbons (Fsp3) is 0.286. The van der Waals surface area contributed by atoms with Gasteiger partial charge in [-0.15, -0.1) is 0 Å². The molecule has 0 radical (unpaired) electrons. The van der Waals surface area contributed by atoms with Gasteiger partial charge in [0.2, 0.25) is 21.6 Å². The summed E-state index contributed by atoms with van der Waals surface area (Å²) < 4.78 is 38.6. The van der Waals surface area contributed by atoms with E-state index in [-0.39, 0.29) is 20.6 Å². The number of aromatic nitrogens is 2. The van der Waals surface area contributed by atoms with Crippen LogP contribution in [0.2, 0.25) is 0 Å². The van der Waals surface area contributed by atoms with Gasteiger partial charge in [0, 0.05) is 11.0 Å². The number of sulfone groups is 1. The molecule has 0 aliphatic heterocycles.